The van der Waals surface area contributed by atoms with Gasteiger partial charge in [-0.05, 0) is 31.0 Å². The van der Waals surface area contributed by atoms with Crippen LogP contribution in [0.25, 0.3) is 0 Å². The fraction of sp³-hybridized carbons (Fsp3) is 0.364. The van der Waals surface area contributed by atoms with Crippen molar-refractivity contribution in [3.05, 3.63) is 65.2 Å². The second-order valence-corrected chi connectivity index (χ2v) is 7.16. The molecule has 1 atom stereocenters. The monoisotopic (exact) mass is 382 g/mol. The molecule has 1 fully saturated rings. The molecule has 0 radical (unpaired) electrons. The summed E-state index contributed by atoms with van der Waals surface area (Å²) in [7, 11) is 0. The van der Waals surface area contributed by atoms with E-state index in [0.717, 1.165) is 16.7 Å². The van der Waals surface area contributed by atoms with Gasteiger partial charge in [0.1, 0.15) is 12.4 Å². The van der Waals surface area contributed by atoms with Gasteiger partial charge in [-0.2, -0.15) is 0 Å². The van der Waals surface area contributed by atoms with Gasteiger partial charge in [0.05, 0.1) is 6.54 Å². The minimum absolute atomic E-state index is 0.0218. The van der Waals surface area contributed by atoms with E-state index >= 15 is 0 Å². The second kappa shape index (κ2) is 8.89. The molecule has 148 valence electrons. The lowest BCUT2D eigenvalue weighted by Gasteiger charge is -2.35. The molecule has 0 aromatic heterocycles. The lowest BCUT2D eigenvalue weighted by atomic mass is 10.1. The molecule has 1 N–H and O–H groups in total. The van der Waals surface area contributed by atoms with Gasteiger partial charge in [-0.25, -0.2) is 0 Å². The van der Waals surface area contributed by atoms with Gasteiger partial charge < -0.3 is 19.6 Å². The number of hydrogen-bond donors (Lipinski definition) is 1. The van der Waals surface area contributed by atoms with Gasteiger partial charge in [-0.3, -0.25) is 9.59 Å². The van der Waals surface area contributed by atoms with Crippen LogP contribution >= 0.6 is 0 Å². The number of carbonyl (C=O) groups excluding carboxylic acids is 2. The van der Waals surface area contributed by atoms with Crippen LogP contribution < -0.4 is 4.74 Å². The zero-order valence-corrected chi connectivity index (χ0v) is 16.3. The number of aliphatic hydroxyl groups excluding tert-OH is 1. The maximum absolute atomic E-state index is 12.5. The quantitative estimate of drug-likeness (QED) is 0.829. The predicted molar refractivity (Wildman–Crippen MR) is 106 cm³/mol. The average molecular weight is 382 g/mol. The first-order valence-corrected chi connectivity index (χ1v) is 9.42. The molecule has 0 unspecified atom stereocenters. The lowest BCUT2D eigenvalue weighted by Crippen LogP contribution is -2.54. The summed E-state index contributed by atoms with van der Waals surface area (Å²) in [6, 6.07) is 15.5. The van der Waals surface area contributed by atoms with Crippen molar-refractivity contribution in [1.82, 2.24) is 9.80 Å². The average Bonchev–Trinajstić information content (AvgIpc) is 2.68. The van der Waals surface area contributed by atoms with Crippen LogP contribution in [0.2, 0.25) is 0 Å². The van der Waals surface area contributed by atoms with Crippen LogP contribution in [0, 0.1) is 13.8 Å². The standard InChI is InChI=1S/C22H26N2O4/c1-16-6-5-8-18(12-16)13-23-10-11-24(14-21(23)26)22(27)19(25)15-28-20-9-4-3-7-17(20)2/h3-9,12,19,25H,10-11,13-15H2,1-2H3/t19-/m1/s1. The molecule has 0 saturated carbocycles. The normalized spacial score (nSPS) is 15.5. The predicted octanol–water partition coefficient (Wildman–Crippen LogP) is 1.91. The second-order valence-electron chi connectivity index (χ2n) is 7.16. The fourth-order valence-corrected chi connectivity index (χ4v) is 3.26. The Kier molecular flexibility index (Phi) is 6.31. The van der Waals surface area contributed by atoms with E-state index in [1.807, 2.05) is 50.2 Å². The third-order valence-corrected chi connectivity index (χ3v) is 4.86. The highest BCUT2D eigenvalue weighted by atomic mass is 16.5. The number of nitrogens with zero attached hydrogens (tertiary/aromatic N) is 2. The number of carbonyl (C=O) groups is 2. The molecule has 0 bridgehead atoms. The Morgan fingerprint density at radius 3 is 2.64 bits per heavy atom. The Balaban J connectivity index is 1.52. The third-order valence-electron chi connectivity index (χ3n) is 4.86. The third kappa shape index (κ3) is 4.89. The van der Waals surface area contributed by atoms with E-state index in [1.165, 1.54) is 4.90 Å². The summed E-state index contributed by atoms with van der Waals surface area (Å²) in [5, 5.41) is 10.2. The Morgan fingerprint density at radius 2 is 1.93 bits per heavy atom. The van der Waals surface area contributed by atoms with E-state index in [4.69, 9.17) is 4.74 Å². The van der Waals surface area contributed by atoms with Crippen LogP contribution in [0.15, 0.2) is 48.5 Å². The van der Waals surface area contributed by atoms with E-state index in [2.05, 4.69) is 6.07 Å². The molecule has 0 aliphatic carbocycles. The molecule has 1 aliphatic heterocycles. The highest BCUT2D eigenvalue weighted by Gasteiger charge is 2.30. The van der Waals surface area contributed by atoms with Crippen molar-refractivity contribution in [2.24, 2.45) is 0 Å². The summed E-state index contributed by atoms with van der Waals surface area (Å²) in [6.45, 7) is 5.13. The fourth-order valence-electron chi connectivity index (χ4n) is 3.26. The molecule has 6 nitrogen and oxygen atoms in total. The van der Waals surface area contributed by atoms with Gasteiger partial charge in [0.2, 0.25) is 5.91 Å². The summed E-state index contributed by atoms with van der Waals surface area (Å²) in [6.07, 6.45) is -1.30. The van der Waals surface area contributed by atoms with Crippen molar-refractivity contribution >= 4 is 11.8 Å². The van der Waals surface area contributed by atoms with Crippen LogP contribution in [0.3, 0.4) is 0 Å². The van der Waals surface area contributed by atoms with Gasteiger partial charge >= 0.3 is 0 Å². The first-order chi connectivity index (χ1) is 13.4. The van der Waals surface area contributed by atoms with E-state index in [9.17, 15) is 14.7 Å². The van der Waals surface area contributed by atoms with Crippen LogP contribution in [0.5, 0.6) is 5.75 Å². The van der Waals surface area contributed by atoms with Crippen molar-refractivity contribution in [2.75, 3.05) is 26.2 Å². The Hall–Kier alpha value is -2.86. The number of rotatable bonds is 6. The molecule has 1 aliphatic rings. The minimum atomic E-state index is -1.30. The van der Waals surface area contributed by atoms with Gasteiger partial charge in [-0.15, -0.1) is 0 Å². The first-order valence-electron chi connectivity index (χ1n) is 9.42. The topological polar surface area (TPSA) is 70.1 Å². The van der Waals surface area contributed by atoms with Crippen LogP contribution in [-0.2, 0) is 16.1 Å². The van der Waals surface area contributed by atoms with Gasteiger partial charge in [0.25, 0.3) is 5.91 Å². The van der Waals surface area contributed by atoms with E-state index in [1.54, 1.807) is 11.0 Å². The number of aliphatic hydroxyl groups is 1. The van der Waals surface area contributed by atoms with E-state index < -0.39 is 12.0 Å². The van der Waals surface area contributed by atoms with Crippen molar-refractivity contribution in [3.63, 3.8) is 0 Å². The molecular weight excluding hydrogens is 356 g/mol. The Bertz CT molecular complexity index is 852. The molecular formula is C22H26N2O4. The maximum Gasteiger partial charge on any atom is 0.255 e. The molecule has 2 aromatic rings. The maximum atomic E-state index is 12.5. The summed E-state index contributed by atoms with van der Waals surface area (Å²) < 4.78 is 5.56. The van der Waals surface area contributed by atoms with E-state index in [0.29, 0.717) is 25.4 Å². The SMILES string of the molecule is Cc1cccc(CN2CCN(C(=O)[C@H](O)COc3ccccc3C)CC2=O)c1. The minimum Gasteiger partial charge on any atom is -0.490 e. The zero-order valence-electron chi connectivity index (χ0n) is 16.3. The van der Waals surface area contributed by atoms with Gasteiger partial charge in [0, 0.05) is 19.6 Å². The highest BCUT2D eigenvalue weighted by molar-refractivity contribution is 5.88. The largest absolute Gasteiger partial charge is 0.490 e. The van der Waals surface area contributed by atoms with Crippen molar-refractivity contribution in [3.8, 4) is 5.75 Å². The molecule has 2 amide bonds. The Labute approximate surface area is 165 Å². The lowest BCUT2D eigenvalue weighted by molar-refractivity contribution is -0.151. The van der Waals surface area contributed by atoms with Gasteiger partial charge in [-0.1, -0.05) is 48.0 Å². The molecule has 6 heteroatoms. The van der Waals surface area contributed by atoms with Crippen molar-refractivity contribution in [1.29, 1.82) is 0 Å². The highest BCUT2D eigenvalue weighted by Crippen LogP contribution is 2.17. The number of piperazine rings is 1. The summed E-state index contributed by atoms with van der Waals surface area (Å²) >= 11 is 0. The van der Waals surface area contributed by atoms with Crippen LogP contribution in [-0.4, -0.2) is 59.1 Å². The Morgan fingerprint density at radius 1 is 1.14 bits per heavy atom. The molecule has 1 saturated heterocycles. The smallest absolute Gasteiger partial charge is 0.255 e. The number of amides is 2. The molecule has 3 rings (SSSR count). The molecule has 28 heavy (non-hydrogen) atoms. The first kappa shape index (κ1) is 19.9. The summed E-state index contributed by atoms with van der Waals surface area (Å²) in [4.78, 5) is 28.1. The molecule has 0 spiro atoms. The number of ether oxygens (including phenoxy) is 1. The molecule has 2 aromatic carbocycles. The number of para-hydroxylation sites is 1. The summed E-state index contributed by atoms with van der Waals surface area (Å²) in [5.74, 6) is 0.0404. The van der Waals surface area contributed by atoms with Crippen LogP contribution in [0.4, 0.5) is 0 Å². The number of hydrogen-bond acceptors (Lipinski definition) is 4. The van der Waals surface area contributed by atoms with Crippen LogP contribution in [0.1, 0.15) is 16.7 Å². The number of benzene rings is 2. The molecule has 1 heterocycles. The zero-order chi connectivity index (χ0) is 20.1. The van der Waals surface area contributed by atoms with E-state index in [-0.39, 0.29) is 19.1 Å². The number of aryl methyl sites for hydroxylation is 2. The summed E-state index contributed by atoms with van der Waals surface area (Å²) in [5.41, 5.74) is 3.15. The van der Waals surface area contributed by atoms with Crippen molar-refractivity contribution in [2.45, 2.75) is 26.5 Å². The van der Waals surface area contributed by atoms with Gasteiger partial charge in [0.15, 0.2) is 6.10 Å². The van der Waals surface area contributed by atoms with Crippen molar-refractivity contribution < 1.29 is 19.4 Å².